The molecule has 1 aliphatic rings. The van der Waals surface area contributed by atoms with Gasteiger partial charge in [0.15, 0.2) is 0 Å². The largest absolute Gasteiger partial charge is 0.382 e. The minimum atomic E-state index is -0.336. The zero-order valence-corrected chi connectivity index (χ0v) is 10.7. The summed E-state index contributed by atoms with van der Waals surface area (Å²) >= 11 is 0. The van der Waals surface area contributed by atoms with Crippen LogP contribution in [0.1, 0.15) is 30.9 Å². The Kier molecular flexibility index (Phi) is 3.83. The summed E-state index contributed by atoms with van der Waals surface area (Å²) in [4.78, 5) is 0. The van der Waals surface area contributed by atoms with Crippen molar-refractivity contribution in [2.75, 3.05) is 11.9 Å². The third kappa shape index (κ3) is 2.62. The van der Waals surface area contributed by atoms with Crippen molar-refractivity contribution in [3.05, 3.63) is 29.1 Å². The van der Waals surface area contributed by atoms with Crippen molar-refractivity contribution in [3.63, 3.8) is 0 Å². The van der Waals surface area contributed by atoms with E-state index in [0.29, 0.717) is 29.0 Å². The molecule has 0 radical (unpaired) electrons. The smallest absolute Gasteiger partial charge is 0.129 e. The second-order valence-corrected chi connectivity index (χ2v) is 4.63. The standard InChI is InChI=1S/C14H17FN2O/c1-3-18-12-6-11(7-12)17-14-5-10(8-16)4-13(15)9(14)2/h4-5,11-12,17H,3,6-7H2,1-2H3. The Hall–Kier alpha value is -1.60. The summed E-state index contributed by atoms with van der Waals surface area (Å²) in [6.07, 6.45) is 2.19. The molecule has 1 aliphatic carbocycles. The van der Waals surface area contributed by atoms with Gasteiger partial charge in [0.05, 0.1) is 17.7 Å². The van der Waals surface area contributed by atoms with E-state index in [9.17, 15) is 4.39 Å². The normalized spacial score (nSPS) is 22.1. The van der Waals surface area contributed by atoms with Gasteiger partial charge in [-0.2, -0.15) is 5.26 Å². The van der Waals surface area contributed by atoms with Gasteiger partial charge in [0, 0.05) is 23.9 Å². The number of anilines is 1. The van der Waals surface area contributed by atoms with Crippen molar-refractivity contribution in [2.24, 2.45) is 0 Å². The summed E-state index contributed by atoms with van der Waals surface area (Å²) < 4.78 is 19.1. The Labute approximate surface area is 107 Å². The van der Waals surface area contributed by atoms with Crippen LogP contribution in [0.5, 0.6) is 0 Å². The van der Waals surface area contributed by atoms with E-state index in [1.54, 1.807) is 13.0 Å². The predicted molar refractivity (Wildman–Crippen MR) is 67.9 cm³/mol. The van der Waals surface area contributed by atoms with E-state index in [0.717, 1.165) is 19.4 Å². The summed E-state index contributed by atoms with van der Waals surface area (Å²) in [6, 6.07) is 5.25. The van der Waals surface area contributed by atoms with E-state index >= 15 is 0 Å². The summed E-state index contributed by atoms with van der Waals surface area (Å²) in [6.45, 7) is 4.43. The summed E-state index contributed by atoms with van der Waals surface area (Å²) in [5.74, 6) is -0.336. The van der Waals surface area contributed by atoms with Crippen LogP contribution in [0.2, 0.25) is 0 Å². The molecule has 0 saturated heterocycles. The summed E-state index contributed by atoms with van der Waals surface area (Å²) in [5, 5.41) is 12.1. The molecule has 0 aromatic heterocycles. The van der Waals surface area contributed by atoms with Crippen molar-refractivity contribution >= 4 is 5.69 Å². The zero-order chi connectivity index (χ0) is 13.1. The van der Waals surface area contributed by atoms with Gasteiger partial charge in [-0.25, -0.2) is 4.39 Å². The van der Waals surface area contributed by atoms with Crippen LogP contribution in [0.25, 0.3) is 0 Å². The average Bonchev–Trinajstić information content (AvgIpc) is 2.31. The minimum Gasteiger partial charge on any atom is -0.382 e. The number of hydrogen-bond acceptors (Lipinski definition) is 3. The summed E-state index contributed by atoms with van der Waals surface area (Å²) in [7, 11) is 0. The number of halogens is 1. The number of nitrogens with zero attached hydrogens (tertiary/aromatic N) is 1. The number of ether oxygens (including phenoxy) is 1. The number of hydrogen-bond donors (Lipinski definition) is 1. The van der Waals surface area contributed by atoms with Gasteiger partial charge in [-0.15, -0.1) is 0 Å². The monoisotopic (exact) mass is 248 g/mol. The van der Waals surface area contributed by atoms with Crippen molar-refractivity contribution in [3.8, 4) is 6.07 Å². The number of benzene rings is 1. The van der Waals surface area contributed by atoms with Crippen molar-refractivity contribution in [1.82, 2.24) is 0 Å². The van der Waals surface area contributed by atoms with Gasteiger partial charge < -0.3 is 10.1 Å². The van der Waals surface area contributed by atoms with E-state index in [1.165, 1.54) is 6.07 Å². The molecule has 4 heteroatoms. The molecule has 0 unspecified atom stereocenters. The number of nitriles is 1. The molecule has 1 fully saturated rings. The molecule has 1 saturated carbocycles. The number of nitrogens with one attached hydrogen (secondary N) is 1. The maximum Gasteiger partial charge on any atom is 0.129 e. The van der Waals surface area contributed by atoms with Crippen LogP contribution >= 0.6 is 0 Å². The first kappa shape index (κ1) is 12.8. The fraction of sp³-hybridized carbons (Fsp3) is 0.500. The lowest BCUT2D eigenvalue weighted by Crippen LogP contribution is -2.41. The predicted octanol–water partition coefficient (Wildman–Crippen LogP) is 2.99. The van der Waals surface area contributed by atoms with Gasteiger partial charge in [-0.05, 0) is 38.8 Å². The minimum absolute atomic E-state index is 0.314. The van der Waals surface area contributed by atoms with Crippen molar-refractivity contribution in [1.29, 1.82) is 5.26 Å². The number of rotatable bonds is 4. The fourth-order valence-electron chi connectivity index (χ4n) is 2.17. The topological polar surface area (TPSA) is 45.0 Å². The molecular formula is C14H17FN2O. The van der Waals surface area contributed by atoms with E-state index in [4.69, 9.17) is 10.00 Å². The molecule has 0 bridgehead atoms. The Balaban J connectivity index is 2.02. The van der Waals surface area contributed by atoms with Crippen molar-refractivity contribution < 1.29 is 9.13 Å². The maximum absolute atomic E-state index is 13.6. The van der Waals surface area contributed by atoms with Gasteiger partial charge in [-0.3, -0.25) is 0 Å². The highest BCUT2D eigenvalue weighted by Crippen LogP contribution is 2.29. The maximum atomic E-state index is 13.6. The molecule has 1 aromatic rings. The second-order valence-electron chi connectivity index (χ2n) is 4.63. The third-order valence-electron chi connectivity index (χ3n) is 3.33. The fourth-order valence-corrected chi connectivity index (χ4v) is 2.17. The molecule has 96 valence electrons. The van der Waals surface area contributed by atoms with E-state index in [-0.39, 0.29) is 5.82 Å². The molecule has 1 N–H and O–H groups in total. The molecule has 0 atom stereocenters. The lowest BCUT2D eigenvalue weighted by atomic mass is 9.88. The van der Waals surface area contributed by atoms with Gasteiger partial charge in [0.1, 0.15) is 5.82 Å². The SMILES string of the molecule is CCOC1CC(Nc2cc(C#N)cc(F)c2C)C1. The van der Waals surface area contributed by atoms with Crippen LogP contribution in [-0.4, -0.2) is 18.8 Å². The van der Waals surface area contributed by atoms with E-state index < -0.39 is 0 Å². The summed E-state index contributed by atoms with van der Waals surface area (Å²) in [5.41, 5.74) is 1.63. The Morgan fingerprint density at radius 3 is 2.83 bits per heavy atom. The third-order valence-corrected chi connectivity index (χ3v) is 3.33. The molecule has 0 aliphatic heterocycles. The van der Waals surface area contributed by atoms with Gasteiger partial charge in [0.25, 0.3) is 0 Å². The van der Waals surface area contributed by atoms with Gasteiger partial charge in [0.2, 0.25) is 0 Å². The quantitative estimate of drug-likeness (QED) is 0.891. The van der Waals surface area contributed by atoms with Crippen LogP contribution in [0.15, 0.2) is 12.1 Å². The van der Waals surface area contributed by atoms with Crippen LogP contribution in [-0.2, 0) is 4.74 Å². The van der Waals surface area contributed by atoms with Crippen LogP contribution in [0.4, 0.5) is 10.1 Å². The molecule has 3 nitrogen and oxygen atoms in total. The molecule has 2 rings (SSSR count). The average molecular weight is 248 g/mol. The van der Waals surface area contributed by atoms with Crippen LogP contribution in [0.3, 0.4) is 0 Å². The Bertz CT molecular complexity index is 475. The molecule has 18 heavy (non-hydrogen) atoms. The lowest BCUT2D eigenvalue weighted by Gasteiger charge is -2.36. The first-order chi connectivity index (χ1) is 8.63. The molecule has 1 aromatic carbocycles. The van der Waals surface area contributed by atoms with Gasteiger partial charge in [-0.1, -0.05) is 0 Å². The van der Waals surface area contributed by atoms with Crippen LogP contribution < -0.4 is 5.32 Å². The molecule has 0 spiro atoms. The van der Waals surface area contributed by atoms with E-state index in [1.807, 2.05) is 13.0 Å². The highest BCUT2D eigenvalue weighted by Gasteiger charge is 2.29. The molecule has 0 amide bonds. The van der Waals surface area contributed by atoms with E-state index in [2.05, 4.69) is 5.32 Å². The second kappa shape index (κ2) is 5.36. The molecular weight excluding hydrogens is 231 g/mol. The van der Waals surface area contributed by atoms with Crippen LogP contribution in [0, 0.1) is 24.1 Å². The Morgan fingerprint density at radius 1 is 1.50 bits per heavy atom. The Morgan fingerprint density at radius 2 is 2.22 bits per heavy atom. The molecule has 0 heterocycles. The van der Waals surface area contributed by atoms with Gasteiger partial charge >= 0.3 is 0 Å². The van der Waals surface area contributed by atoms with Crippen molar-refractivity contribution in [2.45, 2.75) is 38.8 Å². The zero-order valence-electron chi connectivity index (χ0n) is 10.7. The lowest BCUT2D eigenvalue weighted by molar-refractivity contribution is 0.00298. The highest BCUT2D eigenvalue weighted by molar-refractivity contribution is 5.56. The highest BCUT2D eigenvalue weighted by atomic mass is 19.1. The first-order valence-electron chi connectivity index (χ1n) is 6.22. The first-order valence-corrected chi connectivity index (χ1v) is 6.22.